The van der Waals surface area contributed by atoms with Crippen molar-refractivity contribution in [3.8, 4) is 0 Å². The van der Waals surface area contributed by atoms with Crippen molar-refractivity contribution in [1.82, 2.24) is 0 Å². The van der Waals surface area contributed by atoms with E-state index in [4.69, 9.17) is 36.9 Å². The average molecular weight is 565 g/mol. The maximum atomic E-state index is 15.7. The zero-order valence-corrected chi connectivity index (χ0v) is 23.2. The molecule has 0 bridgehead atoms. The first-order valence-electron chi connectivity index (χ1n) is 12.1. The van der Waals surface area contributed by atoms with Crippen LogP contribution in [0.5, 0.6) is 0 Å². The number of carbonyl (C=O) groups excluding carboxylic acids is 2. The van der Waals surface area contributed by atoms with Crippen molar-refractivity contribution in [3.63, 3.8) is 0 Å². The fraction of sp³-hybridized carbons (Fsp3) is 0.760. The number of Topliss-reactive ketones (excluding diaryl/α,β-unsaturated/α-hetero) is 1. The predicted molar refractivity (Wildman–Crippen MR) is 131 cm³/mol. The standard InChI is InChI=1S/C25H31Cl2FO7S/c1-21(2)34-20-10-14-15-9-17(28)16-8-13(29)6-7-22(16,3)24(15,27)18(26)11-23(14,4)25(20,35-21)19(30)12-33-36(5,31)32/h6-8,14-15,17-18,20H,9-12H2,1-5H3/t14-,15-,17-,18-,20+,22-,23-,24-,25+/m0/s1. The Morgan fingerprint density at radius 1 is 1.22 bits per heavy atom. The van der Waals surface area contributed by atoms with E-state index in [9.17, 15) is 18.0 Å². The molecular weight excluding hydrogens is 534 g/mol. The van der Waals surface area contributed by atoms with Crippen LogP contribution >= 0.6 is 23.2 Å². The number of alkyl halides is 3. The van der Waals surface area contributed by atoms with Gasteiger partial charge in [0.15, 0.2) is 23.0 Å². The lowest BCUT2D eigenvalue weighted by molar-refractivity contribution is -0.213. The first-order chi connectivity index (χ1) is 16.4. The Balaban J connectivity index is 1.62. The van der Waals surface area contributed by atoms with Crippen LogP contribution in [0.2, 0.25) is 0 Å². The van der Waals surface area contributed by atoms with Gasteiger partial charge in [0.2, 0.25) is 0 Å². The predicted octanol–water partition coefficient (Wildman–Crippen LogP) is 3.87. The highest BCUT2D eigenvalue weighted by atomic mass is 35.5. The molecule has 11 heteroatoms. The second-order valence-corrected chi connectivity index (χ2v) is 14.6. The van der Waals surface area contributed by atoms with Crippen molar-refractivity contribution >= 4 is 44.9 Å². The first kappa shape index (κ1) is 26.8. The molecule has 0 aromatic heterocycles. The van der Waals surface area contributed by atoms with Gasteiger partial charge in [-0.15, -0.1) is 23.2 Å². The van der Waals surface area contributed by atoms with E-state index in [-0.39, 0.29) is 24.5 Å². The van der Waals surface area contributed by atoms with Gasteiger partial charge in [-0.25, -0.2) is 4.39 Å². The quantitative estimate of drug-likeness (QED) is 0.377. The number of fused-ring (bicyclic) bond motifs is 7. The van der Waals surface area contributed by atoms with Crippen molar-refractivity contribution < 1.29 is 36.1 Å². The zero-order chi connectivity index (χ0) is 26.7. The summed E-state index contributed by atoms with van der Waals surface area (Å²) in [6.45, 7) is 6.39. The van der Waals surface area contributed by atoms with Crippen LogP contribution in [0.3, 0.4) is 0 Å². The Hall–Kier alpha value is -0.840. The highest BCUT2D eigenvalue weighted by Crippen LogP contribution is 2.73. The molecule has 1 saturated heterocycles. The number of allylic oxidation sites excluding steroid dienone is 4. The highest BCUT2D eigenvalue weighted by Gasteiger charge is 2.79. The summed E-state index contributed by atoms with van der Waals surface area (Å²) in [5, 5.41) is -0.726. The summed E-state index contributed by atoms with van der Waals surface area (Å²) in [6.07, 6.45) is 3.79. The van der Waals surface area contributed by atoms with Crippen molar-refractivity contribution in [2.24, 2.45) is 22.7 Å². The third-order valence-corrected chi connectivity index (χ3v) is 11.5. The monoisotopic (exact) mass is 564 g/mol. The van der Waals surface area contributed by atoms with E-state index in [1.54, 1.807) is 19.9 Å². The van der Waals surface area contributed by atoms with Crippen molar-refractivity contribution in [2.75, 3.05) is 12.9 Å². The minimum absolute atomic E-state index is 0.0374. The van der Waals surface area contributed by atoms with Gasteiger partial charge in [0.25, 0.3) is 10.1 Å². The lowest BCUT2D eigenvalue weighted by Crippen LogP contribution is -2.69. The Kier molecular flexibility index (Phi) is 5.84. The summed E-state index contributed by atoms with van der Waals surface area (Å²) in [4.78, 5) is 24.7. The molecule has 4 fully saturated rings. The Bertz CT molecular complexity index is 1200. The second-order valence-electron chi connectivity index (χ2n) is 11.8. The summed E-state index contributed by atoms with van der Waals surface area (Å²) in [5.41, 5.74) is -3.16. The molecule has 0 aromatic carbocycles. The van der Waals surface area contributed by atoms with Crippen LogP contribution in [-0.4, -0.2) is 66.8 Å². The maximum Gasteiger partial charge on any atom is 0.264 e. The van der Waals surface area contributed by atoms with E-state index in [2.05, 4.69) is 0 Å². The molecule has 1 heterocycles. The molecule has 4 aliphatic carbocycles. The number of halogens is 3. The van der Waals surface area contributed by atoms with Crippen molar-refractivity contribution in [3.05, 3.63) is 23.8 Å². The lowest BCUT2D eigenvalue weighted by Gasteiger charge is -2.64. The van der Waals surface area contributed by atoms with Gasteiger partial charge < -0.3 is 9.47 Å². The van der Waals surface area contributed by atoms with Crippen molar-refractivity contribution in [2.45, 2.75) is 80.9 Å². The van der Waals surface area contributed by atoms with Gasteiger partial charge in [-0.3, -0.25) is 13.8 Å². The van der Waals surface area contributed by atoms with E-state index >= 15 is 4.39 Å². The SMILES string of the molecule is CC1(C)O[C@@H]2C[C@H]3[C@@H]4C[C@H](F)C5=CC(=O)C=C[C@]5(C)[C@@]4(Cl)[C@@H](Cl)C[C@]3(C)[C@]2(C(=O)COS(C)(=O)=O)O1. The summed E-state index contributed by atoms with van der Waals surface area (Å²) in [7, 11) is -3.89. The summed E-state index contributed by atoms with van der Waals surface area (Å²) in [6, 6.07) is 0. The van der Waals surface area contributed by atoms with Crippen LogP contribution < -0.4 is 0 Å². The molecule has 36 heavy (non-hydrogen) atoms. The number of hydrogen-bond acceptors (Lipinski definition) is 7. The Morgan fingerprint density at radius 2 is 1.89 bits per heavy atom. The third kappa shape index (κ3) is 3.35. The number of hydrogen-bond donors (Lipinski definition) is 0. The summed E-state index contributed by atoms with van der Waals surface area (Å²) in [5.74, 6) is -2.75. The van der Waals surface area contributed by atoms with Crippen LogP contribution in [0, 0.1) is 22.7 Å². The molecule has 5 rings (SSSR count). The molecule has 0 spiro atoms. The summed E-state index contributed by atoms with van der Waals surface area (Å²) < 4.78 is 56.6. The van der Waals surface area contributed by atoms with Crippen molar-refractivity contribution in [1.29, 1.82) is 0 Å². The van der Waals surface area contributed by atoms with E-state index in [1.165, 1.54) is 12.2 Å². The van der Waals surface area contributed by atoms with Crippen LogP contribution in [0.4, 0.5) is 4.39 Å². The molecule has 7 nitrogen and oxygen atoms in total. The molecule has 0 aromatic rings. The number of carbonyl (C=O) groups is 2. The van der Waals surface area contributed by atoms with Gasteiger partial charge in [-0.2, -0.15) is 8.42 Å². The molecule has 0 unspecified atom stereocenters. The molecule has 1 aliphatic heterocycles. The van der Waals surface area contributed by atoms with Crippen LogP contribution in [0.25, 0.3) is 0 Å². The normalized spacial score (nSPS) is 49.1. The summed E-state index contributed by atoms with van der Waals surface area (Å²) >= 11 is 14.6. The van der Waals surface area contributed by atoms with E-state index in [1.807, 2.05) is 13.8 Å². The smallest absolute Gasteiger partial charge is 0.264 e. The minimum Gasteiger partial charge on any atom is -0.344 e. The zero-order valence-electron chi connectivity index (χ0n) is 20.8. The number of ketones is 2. The fourth-order valence-electron chi connectivity index (χ4n) is 8.00. The van der Waals surface area contributed by atoms with Gasteiger partial charge in [-0.1, -0.05) is 19.9 Å². The first-order valence-corrected chi connectivity index (χ1v) is 14.7. The minimum atomic E-state index is -3.89. The van der Waals surface area contributed by atoms with Crippen LogP contribution in [0.15, 0.2) is 23.8 Å². The third-order valence-electron chi connectivity index (χ3n) is 9.40. The Labute approximate surface area is 220 Å². The highest BCUT2D eigenvalue weighted by molar-refractivity contribution is 7.86. The van der Waals surface area contributed by atoms with Gasteiger partial charge in [0.05, 0.1) is 22.6 Å². The molecule has 0 amide bonds. The number of rotatable bonds is 4. The van der Waals surface area contributed by atoms with Gasteiger partial charge in [0.1, 0.15) is 12.8 Å². The number of ether oxygens (including phenoxy) is 2. The van der Waals surface area contributed by atoms with E-state index in [0.717, 1.165) is 6.26 Å². The molecule has 9 atom stereocenters. The molecule has 200 valence electrons. The van der Waals surface area contributed by atoms with Crippen LogP contribution in [0.1, 0.15) is 47.0 Å². The topological polar surface area (TPSA) is 96.0 Å². The largest absolute Gasteiger partial charge is 0.344 e. The lowest BCUT2D eigenvalue weighted by atomic mass is 9.46. The molecule has 5 aliphatic rings. The average Bonchev–Trinajstić information content (AvgIpc) is 3.16. The van der Waals surface area contributed by atoms with E-state index in [0.29, 0.717) is 12.0 Å². The second kappa shape index (κ2) is 7.85. The van der Waals surface area contributed by atoms with Gasteiger partial charge in [0, 0.05) is 10.8 Å². The molecular formula is C25H31Cl2FO7S. The van der Waals surface area contributed by atoms with E-state index < -0.39 is 73.2 Å². The van der Waals surface area contributed by atoms with Gasteiger partial charge in [-0.05, 0) is 62.7 Å². The van der Waals surface area contributed by atoms with Crippen LogP contribution in [-0.2, 0) is 33.4 Å². The molecule has 0 N–H and O–H groups in total. The maximum absolute atomic E-state index is 15.7. The fourth-order valence-corrected chi connectivity index (χ4v) is 9.53. The molecule has 0 radical (unpaired) electrons. The molecule has 3 saturated carbocycles. The van der Waals surface area contributed by atoms with Gasteiger partial charge >= 0.3 is 0 Å². The Morgan fingerprint density at radius 3 is 2.53 bits per heavy atom.